The monoisotopic (exact) mass is 451 g/mol. The number of amides is 1. The molecule has 0 unspecified atom stereocenters. The van der Waals surface area contributed by atoms with E-state index < -0.39 is 0 Å². The Hall–Kier alpha value is -2.97. The van der Waals surface area contributed by atoms with Crippen LogP contribution in [0.1, 0.15) is 23.3 Å². The first-order valence-corrected chi connectivity index (χ1v) is 11.8. The fourth-order valence-electron chi connectivity index (χ4n) is 3.63. The zero-order chi connectivity index (χ0) is 21.2. The van der Waals surface area contributed by atoms with Gasteiger partial charge in [0, 0.05) is 36.9 Å². The standard InChI is InChI=1S/C23H21N3O3S2/c1-28-17-7-8-18-20(13-17)31-23(25-18)29-16-9-11-26(12-10-16)22(27)19-14-30-21(24-19)15-5-3-2-4-6-15/h2-8,13-14,16H,9-12H2,1H3. The molecule has 0 bridgehead atoms. The number of fused-ring (bicyclic) bond motifs is 1. The van der Waals surface area contributed by atoms with E-state index in [1.165, 1.54) is 22.7 Å². The number of carbonyl (C=O) groups is 1. The molecule has 1 aliphatic heterocycles. The third-order valence-electron chi connectivity index (χ3n) is 5.32. The van der Waals surface area contributed by atoms with Crippen molar-refractivity contribution in [1.82, 2.24) is 14.9 Å². The van der Waals surface area contributed by atoms with E-state index in [0.717, 1.165) is 39.4 Å². The quantitative estimate of drug-likeness (QED) is 0.422. The first-order chi connectivity index (χ1) is 15.2. The van der Waals surface area contributed by atoms with Crippen LogP contribution in [-0.4, -0.2) is 47.1 Å². The highest BCUT2D eigenvalue weighted by molar-refractivity contribution is 7.20. The zero-order valence-corrected chi connectivity index (χ0v) is 18.6. The van der Waals surface area contributed by atoms with Crippen LogP contribution >= 0.6 is 22.7 Å². The highest BCUT2D eigenvalue weighted by Crippen LogP contribution is 2.32. The second-order valence-corrected chi connectivity index (χ2v) is 9.18. The van der Waals surface area contributed by atoms with Crippen molar-refractivity contribution in [2.75, 3.05) is 20.2 Å². The van der Waals surface area contributed by atoms with Crippen LogP contribution < -0.4 is 9.47 Å². The van der Waals surface area contributed by atoms with Crippen LogP contribution in [0.3, 0.4) is 0 Å². The summed E-state index contributed by atoms with van der Waals surface area (Å²) in [6.45, 7) is 1.31. The van der Waals surface area contributed by atoms with E-state index in [2.05, 4.69) is 9.97 Å². The second kappa shape index (κ2) is 8.64. The molecule has 0 aliphatic carbocycles. The smallest absolute Gasteiger partial charge is 0.274 e. The number of likely N-dealkylation sites (tertiary alicyclic amines) is 1. The van der Waals surface area contributed by atoms with Gasteiger partial charge in [-0.25, -0.2) is 9.97 Å². The molecule has 1 amide bonds. The van der Waals surface area contributed by atoms with Crippen molar-refractivity contribution in [3.8, 4) is 21.5 Å². The molecule has 3 heterocycles. The number of benzene rings is 2. The molecular formula is C23H21N3O3S2. The lowest BCUT2D eigenvalue weighted by molar-refractivity contribution is 0.0591. The second-order valence-electron chi connectivity index (χ2n) is 7.33. The maximum absolute atomic E-state index is 12.9. The maximum Gasteiger partial charge on any atom is 0.274 e. The summed E-state index contributed by atoms with van der Waals surface area (Å²) in [5, 5.41) is 3.39. The predicted molar refractivity (Wildman–Crippen MR) is 123 cm³/mol. The average Bonchev–Trinajstić information content (AvgIpc) is 3.46. The average molecular weight is 452 g/mol. The van der Waals surface area contributed by atoms with E-state index in [1.807, 2.05) is 58.8 Å². The van der Waals surface area contributed by atoms with Gasteiger partial charge in [0.1, 0.15) is 22.6 Å². The number of ether oxygens (including phenoxy) is 2. The molecule has 0 N–H and O–H groups in total. The Morgan fingerprint density at radius 3 is 2.68 bits per heavy atom. The van der Waals surface area contributed by atoms with Gasteiger partial charge in [-0.05, 0) is 18.2 Å². The minimum atomic E-state index is -0.0102. The van der Waals surface area contributed by atoms with Crippen LogP contribution in [0, 0.1) is 0 Å². The molecule has 2 aromatic carbocycles. The van der Waals surface area contributed by atoms with E-state index in [0.29, 0.717) is 24.0 Å². The molecule has 31 heavy (non-hydrogen) atoms. The van der Waals surface area contributed by atoms with Crippen molar-refractivity contribution in [3.63, 3.8) is 0 Å². The number of hydrogen-bond donors (Lipinski definition) is 0. The van der Waals surface area contributed by atoms with Crippen LogP contribution in [0.5, 0.6) is 10.9 Å². The molecule has 0 spiro atoms. The van der Waals surface area contributed by atoms with Crippen LogP contribution in [0.4, 0.5) is 0 Å². The van der Waals surface area contributed by atoms with E-state index in [4.69, 9.17) is 9.47 Å². The molecule has 1 saturated heterocycles. The number of hydrogen-bond acceptors (Lipinski definition) is 7. The Labute approximate surface area is 188 Å². The predicted octanol–water partition coefficient (Wildman–Crippen LogP) is 5.11. The summed E-state index contributed by atoms with van der Waals surface area (Å²) >= 11 is 3.03. The molecule has 0 radical (unpaired) electrons. The van der Waals surface area contributed by atoms with E-state index in [9.17, 15) is 4.79 Å². The Bertz CT molecular complexity index is 1200. The summed E-state index contributed by atoms with van der Waals surface area (Å²) in [7, 11) is 1.66. The topological polar surface area (TPSA) is 64.6 Å². The molecule has 4 aromatic rings. The van der Waals surface area contributed by atoms with Gasteiger partial charge < -0.3 is 14.4 Å². The molecule has 0 atom stereocenters. The molecule has 0 saturated carbocycles. The molecule has 8 heteroatoms. The van der Waals surface area contributed by atoms with Gasteiger partial charge in [0.25, 0.3) is 11.1 Å². The van der Waals surface area contributed by atoms with E-state index in [1.54, 1.807) is 7.11 Å². The Morgan fingerprint density at radius 1 is 1.10 bits per heavy atom. The Balaban J connectivity index is 1.19. The van der Waals surface area contributed by atoms with Crippen molar-refractivity contribution >= 4 is 38.8 Å². The highest BCUT2D eigenvalue weighted by Gasteiger charge is 2.27. The maximum atomic E-state index is 12.9. The first kappa shape index (κ1) is 20.0. The lowest BCUT2D eigenvalue weighted by Gasteiger charge is -2.31. The Morgan fingerprint density at radius 2 is 1.90 bits per heavy atom. The number of nitrogens with zero attached hydrogens (tertiary/aromatic N) is 3. The summed E-state index contributed by atoms with van der Waals surface area (Å²) in [4.78, 5) is 23.9. The number of rotatable bonds is 5. The van der Waals surface area contributed by atoms with Crippen LogP contribution in [-0.2, 0) is 0 Å². The molecule has 1 aliphatic rings. The largest absolute Gasteiger partial charge is 0.497 e. The third kappa shape index (κ3) is 4.26. The minimum Gasteiger partial charge on any atom is -0.497 e. The van der Waals surface area contributed by atoms with Gasteiger partial charge in [0.2, 0.25) is 0 Å². The van der Waals surface area contributed by atoms with Gasteiger partial charge in [0.05, 0.1) is 17.3 Å². The van der Waals surface area contributed by atoms with E-state index >= 15 is 0 Å². The van der Waals surface area contributed by atoms with Crippen molar-refractivity contribution in [2.24, 2.45) is 0 Å². The highest BCUT2D eigenvalue weighted by atomic mass is 32.1. The van der Waals surface area contributed by atoms with E-state index in [-0.39, 0.29) is 12.0 Å². The summed E-state index contributed by atoms with van der Waals surface area (Å²) in [5.41, 5.74) is 2.46. The summed E-state index contributed by atoms with van der Waals surface area (Å²) in [6, 6.07) is 15.8. The fourth-order valence-corrected chi connectivity index (χ4v) is 5.34. The van der Waals surface area contributed by atoms with Crippen LogP contribution in [0.2, 0.25) is 0 Å². The van der Waals surface area contributed by atoms with Gasteiger partial charge in [0.15, 0.2) is 0 Å². The minimum absolute atomic E-state index is 0.0102. The number of carbonyl (C=O) groups excluding carboxylic acids is 1. The van der Waals surface area contributed by atoms with Gasteiger partial charge in [-0.3, -0.25) is 4.79 Å². The van der Waals surface area contributed by atoms with Crippen LogP contribution in [0.25, 0.3) is 20.8 Å². The van der Waals surface area contributed by atoms with Gasteiger partial charge in [-0.2, -0.15) is 0 Å². The lowest BCUT2D eigenvalue weighted by Crippen LogP contribution is -2.41. The van der Waals surface area contributed by atoms with Crippen LogP contribution in [0.15, 0.2) is 53.9 Å². The molecule has 1 fully saturated rings. The molecule has 5 rings (SSSR count). The summed E-state index contributed by atoms with van der Waals surface area (Å²) in [5.74, 6) is 0.802. The number of aromatic nitrogens is 2. The third-order valence-corrected chi connectivity index (χ3v) is 7.12. The molecule has 6 nitrogen and oxygen atoms in total. The number of methoxy groups -OCH3 is 1. The lowest BCUT2D eigenvalue weighted by atomic mass is 10.1. The van der Waals surface area contributed by atoms with Crippen molar-refractivity contribution < 1.29 is 14.3 Å². The normalized spacial score (nSPS) is 14.7. The zero-order valence-electron chi connectivity index (χ0n) is 17.0. The van der Waals surface area contributed by atoms with Crippen molar-refractivity contribution in [1.29, 1.82) is 0 Å². The fraction of sp³-hybridized carbons (Fsp3) is 0.261. The first-order valence-electron chi connectivity index (χ1n) is 10.1. The summed E-state index contributed by atoms with van der Waals surface area (Å²) < 4.78 is 12.4. The van der Waals surface area contributed by atoms with Crippen molar-refractivity contribution in [2.45, 2.75) is 18.9 Å². The number of thiazole rings is 2. The SMILES string of the molecule is COc1ccc2nc(OC3CCN(C(=O)c4csc(-c5ccccc5)n4)CC3)sc2c1. The Kier molecular flexibility index (Phi) is 5.57. The van der Waals surface area contributed by atoms with Gasteiger partial charge >= 0.3 is 0 Å². The van der Waals surface area contributed by atoms with Gasteiger partial charge in [-0.15, -0.1) is 11.3 Å². The summed E-state index contributed by atoms with van der Waals surface area (Å²) in [6.07, 6.45) is 1.61. The number of piperidine rings is 1. The molecule has 158 valence electrons. The molecular weight excluding hydrogens is 430 g/mol. The van der Waals surface area contributed by atoms with Gasteiger partial charge in [-0.1, -0.05) is 41.7 Å². The van der Waals surface area contributed by atoms with Crippen molar-refractivity contribution in [3.05, 3.63) is 59.6 Å². The molecule has 2 aromatic heterocycles.